The molecule has 302 valence electrons. The third kappa shape index (κ3) is 5.28. The standard InChI is InChI=1S/C59H40N4O/c1-37-49(59(42-24-9-4-10-25-42)50-29-14-11-26-43(50)44-27-12-15-30-51(44)59)35-34-46-47-32-33-48-45-28-13-16-31-52(45)64-55(48)54(47)63(53(37)46)58-61-56(39-20-7-3-8-21-39)60-57(62-58)41-23-17-22-40(36-41)38-18-5-2-6-19-38/h2-37,49H,1H3. The summed E-state index contributed by atoms with van der Waals surface area (Å²) < 4.78 is 9.25. The van der Waals surface area contributed by atoms with Gasteiger partial charge < -0.3 is 4.42 Å². The Kier molecular flexibility index (Phi) is 8.10. The minimum Gasteiger partial charge on any atom is -0.454 e. The first-order valence-electron chi connectivity index (χ1n) is 22.1. The minimum absolute atomic E-state index is 0.00104. The Hall–Kier alpha value is -8.15. The van der Waals surface area contributed by atoms with E-state index >= 15 is 0 Å². The largest absolute Gasteiger partial charge is 0.454 e. The number of benzene rings is 8. The van der Waals surface area contributed by atoms with E-state index in [0.717, 1.165) is 66.4 Å². The van der Waals surface area contributed by atoms with Gasteiger partial charge in [0.15, 0.2) is 17.2 Å². The smallest absolute Gasteiger partial charge is 0.238 e. The SMILES string of the molecule is CC1c2c(c3ccc4c5ccccc5oc4c3n2-c2nc(-c3ccccc3)nc(-c3cccc(-c4ccccc4)c3)n2)C=CC1C1(c2ccccc2)c2ccccc2-c2ccccc21. The molecule has 5 heteroatoms. The fourth-order valence-corrected chi connectivity index (χ4v) is 11.1. The van der Waals surface area contributed by atoms with Gasteiger partial charge in [-0.05, 0) is 57.1 Å². The lowest BCUT2D eigenvalue weighted by Crippen LogP contribution is -2.39. The van der Waals surface area contributed by atoms with Crippen LogP contribution in [0, 0.1) is 5.92 Å². The van der Waals surface area contributed by atoms with Crippen molar-refractivity contribution in [3.63, 3.8) is 0 Å². The molecule has 2 atom stereocenters. The number of hydrogen-bond acceptors (Lipinski definition) is 4. The number of nitrogens with zero attached hydrogens (tertiary/aromatic N) is 4. The first kappa shape index (κ1) is 36.5. The molecule has 2 aliphatic rings. The Labute approximate surface area is 370 Å². The third-order valence-electron chi connectivity index (χ3n) is 13.8. The molecular weight excluding hydrogens is 781 g/mol. The fraction of sp³-hybridized carbons (Fsp3) is 0.0678. The second kappa shape index (κ2) is 14.2. The average Bonchev–Trinajstić information content (AvgIpc) is 4.02. The van der Waals surface area contributed by atoms with Crippen LogP contribution in [-0.4, -0.2) is 19.5 Å². The molecule has 3 aromatic heterocycles. The lowest BCUT2D eigenvalue weighted by Gasteiger charge is -2.43. The summed E-state index contributed by atoms with van der Waals surface area (Å²) in [5, 5.41) is 3.23. The molecule has 64 heavy (non-hydrogen) atoms. The van der Waals surface area contributed by atoms with Gasteiger partial charge in [-0.1, -0.05) is 201 Å². The van der Waals surface area contributed by atoms with E-state index in [1.807, 2.05) is 30.3 Å². The molecule has 0 aliphatic heterocycles. The maximum atomic E-state index is 6.93. The number of rotatable bonds is 6. The van der Waals surface area contributed by atoms with Crippen LogP contribution in [0.15, 0.2) is 211 Å². The van der Waals surface area contributed by atoms with E-state index < -0.39 is 5.41 Å². The van der Waals surface area contributed by atoms with Crippen LogP contribution in [-0.2, 0) is 5.41 Å². The normalized spacial score (nSPS) is 16.0. The topological polar surface area (TPSA) is 56.7 Å². The average molecular weight is 821 g/mol. The predicted octanol–water partition coefficient (Wildman–Crippen LogP) is 14.5. The maximum Gasteiger partial charge on any atom is 0.238 e. The molecule has 11 aromatic rings. The summed E-state index contributed by atoms with van der Waals surface area (Å²) in [5.41, 5.74) is 14.9. The fourth-order valence-electron chi connectivity index (χ4n) is 11.1. The van der Waals surface area contributed by atoms with Crippen LogP contribution in [0.2, 0.25) is 0 Å². The van der Waals surface area contributed by atoms with Crippen LogP contribution in [0.3, 0.4) is 0 Å². The first-order chi connectivity index (χ1) is 31.7. The van der Waals surface area contributed by atoms with Crippen molar-refractivity contribution in [2.24, 2.45) is 5.92 Å². The van der Waals surface area contributed by atoms with E-state index in [2.05, 4.69) is 194 Å². The molecule has 0 amide bonds. The van der Waals surface area contributed by atoms with E-state index in [1.54, 1.807) is 0 Å². The Morgan fingerprint density at radius 1 is 0.500 bits per heavy atom. The van der Waals surface area contributed by atoms with E-state index in [4.69, 9.17) is 19.4 Å². The summed E-state index contributed by atoms with van der Waals surface area (Å²) in [6.45, 7) is 2.40. The van der Waals surface area contributed by atoms with Crippen molar-refractivity contribution in [3.05, 3.63) is 234 Å². The van der Waals surface area contributed by atoms with Crippen molar-refractivity contribution in [3.8, 4) is 51.0 Å². The summed E-state index contributed by atoms with van der Waals surface area (Å²) in [7, 11) is 0. The highest BCUT2D eigenvalue weighted by Crippen LogP contribution is 2.61. The number of fused-ring (bicyclic) bond motifs is 10. The van der Waals surface area contributed by atoms with Crippen molar-refractivity contribution in [2.75, 3.05) is 0 Å². The lowest BCUT2D eigenvalue weighted by atomic mass is 9.59. The molecule has 0 N–H and O–H groups in total. The molecule has 0 bridgehead atoms. The zero-order chi connectivity index (χ0) is 42.4. The highest BCUT2D eigenvalue weighted by molar-refractivity contribution is 6.16. The van der Waals surface area contributed by atoms with Gasteiger partial charge >= 0.3 is 0 Å². The van der Waals surface area contributed by atoms with Gasteiger partial charge in [-0.15, -0.1) is 0 Å². The Bertz CT molecular complexity index is 3600. The van der Waals surface area contributed by atoms with Crippen LogP contribution in [0.25, 0.3) is 89.9 Å². The molecule has 2 unspecified atom stereocenters. The number of allylic oxidation sites excluding steroid dienone is 1. The molecule has 0 radical (unpaired) electrons. The molecule has 0 spiro atoms. The van der Waals surface area contributed by atoms with Crippen LogP contribution in [0.5, 0.6) is 0 Å². The predicted molar refractivity (Wildman–Crippen MR) is 259 cm³/mol. The second-order valence-corrected chi connectivity index (χ2v) is 17.1. The molecule has 2 aliphatic carbocycles. The molecule has 0 fully saturated rings. The van der Waals surface area contributed by atoms with Gasteiger partial charge in [0, 0.05) is 50.4 Å². The Morgan fingerprint density at radius 3 is 1.81 bits per heavy atom. The zero-order valence-corrected chi connectivity index (χ0v) is 35.1. The lowest BCUT2D eigenvalue weighted by molar-refractivity contribution is 0.387. The Balaban J connectivity index is 1.12. The number of furan rings is 1. The van der Waals surface area contributed by atoms with Crippen molar-refractivity contribution >= 4 is 38.9 Å². The van der Waals surface area contributed by atoms with Gasteiger partial charge in [-0.25, -0.2) is 4.98 Å². The molecule has 3 heterocycles. The summed E-state index contributed by atoms with van der Waals surface area (Å²) in [5.74, 6) is 1.72. The van der Waals surface area contributed by atoms with Crippen molar-refractivity contribution in [1.82, 2.24) is 19.5 Å². The van der Waals surface area contributed by atoms with Gasteiger partial charge in [-0.2, -0.15) is 9.97 Å². The van der Waals surface area contributed by atoms with E-state index in [-0.39, 0.29) is 11.8 Å². The van der Waals surface area contributed by atoms with E-state index in [9.17, 15) is 0 Å². The summed E-state index contributed by atoms with van der Waals surface area (Å²) in [6, 6.07) is 71.2. The third-order valence-corrected chi connectivity index (χ3v) is 13.8. The van der Waals surface area contributed by atoms with Gasteiger partial charge in [0.05, 0.1) is 5.41 Å². The highest BCUT2D eigenvalue weighted by Gasteiger charge is 2.52. The van der Waals surface area contributed by atoms with Crippen molar-refractivity contribution in [1.29, 1.82) is 0 Å². The summed E-state index contributed by atoms with van der Waals surface area (Å²) in [6.07, 6.45) is 4.85. The monoisotopic (exact) mass is 820 g/mol. The van der Waals surface area contributed by atoms with Crippen LogP contribution < -0.4 is 0 Å². The molecular formula is C59H40N4O. The molecule has 5 nitrogen and oxygen atoms in total. The van der Waals surface area contributed by atoms with Gasteiger partial charge in [0.2, 0.25) is 5.95 Å². The van der Waals surface area contributed by atoms with Gasteiger partial charge in [-0.3, -0.25) is 4.57 Å². The van der Waals surface area contributed by atoms with Crippen LogP contribution in [0.1, 0.15) is 40.8 Å². The summed E-state index contributed by atoms with van der Waals surface area (Å²) in [4.78, 5) is 16.2. The summed E-state index contributed by atoms with van der Waals surface area (Å²) >= 11 is 0. The maximum absolute atomic E-state index is 6.93. The zero-order valence-electron chi connectivity index (χ0n) is 35.1. The number of para-hydroxylation sites is 1. The van der Waals surface area contributed by atoms with Gasteiger partial charge in [0.1, 0.15) is 11.1 Å². The van der Waals surface area contributed by atoms with Crippen LogP contribution in [0.4, 0.5) is 0 Å². The van der Waals surface area contributed by atoms with Crippen molar-refractivity contribution < 1.29 is 4.42 Å². The Morgan fingerprint density at radius 2 is 1.08 bits per heavy atom. The molecule has 0 saturated heterocycles. The second-order valence-electron chi connectivity index (χ2n) is 17.1. The highest BCUT2D eigenvalue weighted by atomic mass is 16.3. The number of hydrogen-bond donors (Lipinski definition) is 0. The van der Waals surface area contributed by atoms with E-state index in [0.29, 0.717) is 17.6 Å². The van der Waals surface area contributed by atoms with Crippen LogP contribution >= 0.6 is 0 Å². The quantitative estimate of drug-likeness (QED) is 0.168. The van der Waals surface area contributed by atoms with E-state index in [1.165, 1.54) is 27.8 Å². The molecule has 8 aromatic carbocycles. The molecule has 0 saturated carbocycles. The number of aromatic nitrogens is 4. The van der Waals surface area contributed by atoms with Crippen molar-refractivity contribution in [2.45, 2.75) is 18.3 Å². The minimum atomic E-state index is -0.491. The van der Waals surface area contributed by atoms with Gasteiger partial charge in [0.25, 0.3) is 0 Å². The first-order valence-corrected chi connectivity index (χ1v) is 22.1. The molecule has 13 rings (SSSR count).